The molecule has 0 aliphatic heterocycles. The van der Waals surface area contributed by atoms with Crippen LogP contribution >= 0.6 is 0 Å². The number of hydrogen-bond acceptors (Lipinski definition) is 5. The molecule has 6 nitrogen and oxygen atoms in total. The van der Waals surface area contributed by atoms with E-state index in [2.05, 4.69) is 43.0 Å². The number of nitrogens with zero attached hydrogens (tertiary/aromatic N) is 3. The highest BCUT2D eigenvalue weighted by molar-refractivity contribution is 5.92. The van der Waals surface area contributed by atoms with E-state index >= 15 is 0 Å². The quantitative estimate of drug-likeness (QED) is 0.667. The second-order valence-electron chi connectivity index (χ2n) is 6.35. The molecular formula is C16H21N4O2. The lowest BCUT2D eigenvalue weighted by Crippen LogP contribution is -2.34. The van der Waals surface area contributed by atoms with Crippen molar-refractivity contribution in [1.82, 2.24) is 9.97 Å². The van der Waals surface area contributed by atoms with E-state index < -0.39 is 4.92 Å². The Hall–Kier alpha value is -2.24. The Labute approximate surface area is 130 Å². The first-order valence-electron chi connectivity index (χ1n) is 7.28. The van der Waals surface area contributed by atoms with Crippen LogP contribution in [0.25, 0.3) is 11.0 Å². The average Bonchev–Trinajstić information content (AvgIpc) is 2.45. The van der Waals surface area contributed by atoms with Crippen LogP contribution in [0.1, 0.15) is 33.6 Å². The third-order valence-electron chi connectivity index (χ3n) is 3.66. The van der Waals surface area contributed by atoms with E-state index in [9.17, 15) is 10.1 Å². The van der Waals surface area contributed by atoms with Gasteiger partial charge in [-0.25, -0.2) is 4.98 Å². The van der Waals surface area contributed by atoms with Crippen LogP contribution in [0.4, 0.5) is 11.4 Å². The Bertz CT molecular complexity index is 679. The maximum absolute atomic E-state index is 11.3. The van der Waals surface area contributed by atoms with Crippen molar-refractivity contribution < 1.29 is 4.92 Å². The average molecular weight is 301 g/mol. The fourth-order valence-electron chi connectivity index (χ4n) is 2.39. The molecule has 0 saturated heterocycles. The van der Waals surface area contributed by atoms with Gasteiger partial charge in [0.2, 0.25) is 0 Å². The largest absolute Gasteiger partial charge is 0.374 e. The van der Waals surface area contributed by atoms with Gasteiger partial charge in [-0.1, -0.05) is 34.1 Å². The summed E-state index contributed by atoms with van der Waals surface area (Å²) in [5.74, 6) is 0. The highest BCUT2D eigenvalue weighted by Crippen LogP contribution is 2.34. The lowest BCUT2D eigenvalue weighted by molar-refractivity contribution is -0.384. The number of nitro groups is 1. The van der Waals surface area contributed by atoms with Crippen LogP contribution in [0.2, 0.25) is 0 Å². The summed E-state index contributed by atoms with van der Waals surface area (Å²) in [4.78, 5) is 19.3. The van der Waals surface area contributed by atoms with Crippen molar-refractivity contribution in [1.29, 1.82) is 0 Å². The van der Waals surface area contributed by atoms with Crippen LogP contribution in [-0.4, -0.2) is 20.9 Å². The van der Waals surface area contributed by atoms with Crippen molar-refractivity contribution in [3.05, 3.63) is 41.6 Å². The van der Waals surface area contributed by atoms with Crippen LogP contribution in [0.15, 0.2) is 24.5 Å². The number of pyridine rings is 2. The van der Waals surface area contributed by atoms with Gasteiger partial charge < -0.3 is 5.32 Å². The van der Waals surface area contributed by atoms with Crippen molar-refractivity contribution >= 4 is 22.4 Å². The number of rotatable bonds is 5. The van der Waals surface area contributed by atoms with Gasteiger partial charge >= 0.3 is 5.69 Å². The Morgan fingerprint density at radius 3 is 2.73 bits per heavy atom. The second kappa shape index (κ2) is 6.25. The Balaban J connectivity index is 2.56. The van der Waals surface area contributed by atoms with Gasteiger partial charge in [-0.3, -0.25) is 15.1 Å². The van der Waals surface area contributed by atoms with Crippen molar-refractivity contribution in [3.63, 3.8) is 0 Å². The lowest BCUT2D eigenvalue weighted by Gasteiger charge is -2.32. The SMILES string of the molecule is [CH2]CCC(Nc1c([N+](=O)[O-])cnc2cccnc12)C(C)(C)C. The molecule has 0 fully saturated rings. The zero-order valence-electron chi connectivity index (χ0n) is 13.2. The zero-order chi connectivity index (χ0) is 16.3. The first-order valence-corrected chi connectivity index (χ1v) is 7.28. The molecule has 6 heteroatoms. The molecule has 0 amide bonds. The van der Waals surface area contributed by atoms with Gasteiger partial charge in [-0.05, 0) is 24.0 Å². The fraction of sp³-hybridized carbons (Fsp3) is 0.438. The maximum atomic E-state index is 11.3. The molecule has 22 heavy (non-hydrogen) atoms. The van der Waals surface area contributed by atoms with Crippen LogP contribution in [0.3, 0.4) is 0 Å². The molecule has 2 heterocycles. The molecule has 0 aromatic carbocycles. The summed E-state index contributed by atoms with van der Waals surface area (Å²) in [5, 5.41) is 14.7. The first-order chi connectivity index (χ1) is 10.3. The van der Waals surface area contributed by atoms with E-state index in [4.69, 9.17) is 0 Å². The highest BCUT2D eigenvalue weighted by atomic mass is 16.6. The summed E-state index contributed by atoms with van der Waals surface area (Å²) in [6.07, 6.45) is 4.47. The summed E-state index contributed by atoms with van der Waals surface area (Å²) in [6, 6.07) is 3.61. The molecule has 1 N–H and O–H groups in total. The summed E-state index contributed by atoms with van der Waals surface area (Å²) >= 11 is 0. The lowest BCUT2D eigenvalue weighted by atomic mass is 9.84. The molecule has 2 rings (SSSR count). The molecule has 0 aliphatic rings. The van der Waals surface area contributed by atoms with Gasteiger partial charge in [-0.2, -0.15) is 0 Å². The number of nitrogens with one attached hydrogen (secondary N) is 1. The highest BCUT2D eigenvalue weighted by Gasteiger charge is 2.28. The molecule has 2 aromatic heterocycles. The molecule has 0 aliphatic carbocycles. The molecule has 1 unspecified atom stereocenters. The molecule has 2 aromatic rings. The smallest absolute Gasteiger partial charge is 0.312 e. The molecular weight excluding hydrogens is 280 g/mol. The third-order valence-corrected chi connectivity index (χ3v) is 3.66. The molecule has 0 spiro atoms. The number of aromatic nitrogens is 2. The summed E-state index contributed by atoms with van der Waals surface area (Å²) < 4.78 is 0. The molecule has 1 atom stereocenters. The zero-order valence-corrected chi connectivity index (χ0v) is 13.2. The van der Waals surface area contributed by atoms with Crippen molar-refractivity contribution in [2.24, 2.45) is 5.41 Å². The molecule has 0 bridgehead atoms. The fourth-order valence-corrected chi connectivity index (χ4v) is 2.39. The molecule has 0 saturated carbocycles. The predicted octanol–water partition coefficient (Wildman–Crippen LogP) is 3.98. The van der Waals surface area contributed by atoms with Crippen molar-refractivity contribution in [3.8, 4) is 0 Å². The third kappa shape index (κ3) is 3.32. The standard InChI is InChI=1S/C16H21N4O2/c1-5-7-13(16(2,3)4)19-15-12(20(21)22)10-18-11-8-6-9-17-14(11)15/h6,8-10,13H,1,5,7H2,2-4H3,(H,18,19). The topological polar surface area (TPSA) is 81.0 Å². The summed E-state index contributed by atoms with van der Waals surface area (Å²) in [6.45, 7) is 10.2. The van der Waals surface area contributed by atoms with Gasteiger partial charge in [0.25, 0.3) is 0 Å². The predicted molar refractivity (Wildman–Crippen MR) is 87.6 cm³/mol. The van der Waals surface area contributed by atoms with Gasteiger partial charge in [-0.15, -0.1) is 0 Å². The van der Waals surface area contributed by atoms with Gasteiger partial charge in [0, 0.05) is 12.2 Å². The van der Waals surface area contributed by atoms with Crippen molar-refractivity contribution in [2.75, 3.05) is 5.32 Å². The van der Waals surface area contributed by atoms with Crippen LogP contribution in [-0.2, 0) is 0 Å². The Morgan fingerprint density at radius 1 is 1.41 bits per heavy atom. The Morgan fingerprint density at radius 2 is 2.14 bits per heavy atom. The minimum absolute atomic E-state index is 0.0514. The van der Waals surface area contributed by atoms with Crippen LogP contribution in [0, 0.1) is 22.5 Å². The Kier molecular flexibility index (Phi) is 4.59. The number of fused-ring (bicyclic) bond motifs is 1. The minimum Gasteiger partial charge on any atom is -0.374 e. The van der Waals surface area contributed by atoms with Gasteiger partial charge in [0.05, 0.1) is 10.4 Å². The van der Waals surface area contributed by atoms with E-state index in [-0.39, 0.29) is 17.1 Å². The first kappa shape index (κ1) is 16.1. The van der Waals surface area contributed by atoms with E-state index in [1.807, 2.05) is 0 Å². The van der Waals surface area contributed by atoms with Gasteiger partial charge in [0.15, 0.2) is 0 Å². The summed E-state index contributed by atoms with van der Waals surface area (Å²) in [7, 11) is 0. The van der Waals surface area contributed by atoms with Gasteiger partial charge in [0.1, 0.15) is 17.4 Å². The number of hydrogen-bond donors (Lipinski definition) is 1. The van der Waals surface area contributed by atoms with Crippen molar-refractivity contribution in [2.45, 2.75) is 39.7 Å². The summed E-state index contributed by atoms with van der Waals surface area (Å²) in [5.41, 5.74) is 1.48. The molecule has 1 radical (unpaired) electrons. The van der Waals surface area contributed by atoms with Crippen LogP contribution < -0.4 is 5.32 Å². The maximum Gasteiger partial charge on any atom is 0.312 e. The minimum atomic E-state index is -0.423. The van der Waals surface area contributed by atoms with E-state index in [1.165, 1.54) is 6.20 Å². The molecule has 117 valence electrons. The second-order valence-corrected chi connectivity index (χ2v) is 6.35. The normalized spacial score (nSPS) is 13.1. The monoisotopic (exact) mass is 301 g/mol. The van der Waals surface area contributed by atoms with E-state index in [0.717, 1.165) is 12.8 Å². The van der Waals surface area contributed by atoms with E-state index in [0.29, 0.717) is 16.7 Å². The van der Waals surface area contributed by atoms with Crippen LogP contribution in [0.5, 0.6) is 0 Å². The number of anilines is 1. The van der Waals surface area contributed by atoms with E-state index in [1.54, 1.807) is 18.3 Å².